The van der Waals surface area contributed by atoms with Crippen LogP contribution in [0, 0.1) is 0 Å². The number of hydrogen-bond donors (Lipinski definition) is 0. The molecule has 0 rings (SSSR count). The van der Waals surface area contributed by atoms with Crippen molar-refractivity contribution in [3.8, 4) is 0 Å². The lowest BCUT2D eigenvalue weighted by Crippen LogP contribution is -2.30. The molecule has 78 heavy (non-hydrogen) atoms. The smallest absolute Gasteiger partial charge is 0.306 e. The van der Waals surface area contributed by atoms with Gasteiger partial charge in [0.15, 0.2) is 6.10 Å². The zero-order valence-electron chi connectivity index (χ0n) is 52.7. The highest BCUT2D eigenvalue weighted by molar-refractivity contribution is 5.71. The van der Waals surface area contributed by atoms with Gasteiger partial charge in [-0.15, -0.1) is 0 Å². The number of allylic oxidation sites excluding steroid dienone is 6. The first kappa shape index (κ1) is 75.6. The van der Waals surface area contributed by atoms with Gasteiger partial charge in [0, 0.05) is 19.3 Å². The van der Waals surface area contributed by atoms with Crippen molar-refractivity contribution in [1.82, 2.24) is 0 Å². The van der Waals surface area contributed by atoms with Gasteiger partial charge in [-0.2, -0.15) is 0 Å². The second kappa shape index (κ2) is 67.1. The minimum Gasteiger partial charge on any atom is -0.462 e. The summed E-state index contributed by atoms with van der Waals surface area (Å²) in [7, 11) is 0. The fourth-order valence-corrected chi connectivity index (χ4v) is 10.5. The van der Waals surface area contributed by atoms with Crippen molar-refractivity contribution in [2.45, 2.75) is 393 Å². The number of carbonyl (C=O) groups excluding carboxylic acids is 3. The van der Waals surface area contributed by atoms with Crippen molar-refractivity contribution in [1.29, 1.82) is 0 Å². The zero-order valence-corrected chi connectivity index (χ0v) is 52.7. The van der Waals surface area contributed by atoms with E-state index in [2.05, 4.69) is 57.2 Å². The average Bonchev–Trinajstić information content (AvgIpc) is 3.44. The third kappa shape index (κ3) is 64.5. The van der Waals surface area contributed by atoms with Crippen LogP contribution in [-0.2, 0) is 28.6 Å². The maximum atomic E-state index is 12.9. The van der Waals surface area contributed by atoms with Gasteiger partial charge >= 0.3 is 17.9 Å². The molecule has 0 heterocycles. The second-order valence-corrected chi connectivity index (χ2v) is 23.8. The molecule has 0 N–H and O–H groups in total. The third-order valence-corrected chi connectivity index (χ3v) is 15.8. The lowest BCUT2D eigenvalue weighted by Gasteiger charge is -2.18. The Balaban J connectivity index is 4.29. The predicted octanol–water partition coefficient (Wildman–Crippen LogP) is 23.9. The number of hydrogen-bond acceptors (Lipinski definition) is 6. The van der Waals surface area contributed by atoms with Crippen molar-refractivity contribution >= 4 is 17.9 Å². The van der Waals surface area contributed by atoms with E-state index in [0.717, 1.165) is 64.2 Å². The van der Waals surface area contributed by atoms with E-state index in [9.17, 15) is 14.4 Å². The molecule has 0 amide bonds. The topological polar surface area (TPSA) is 78.9 Å². The standard InChI is InChI=1S/C72H134O6/c1-4-7-10-13-16-19-22-25-28-31-33-34-35-36-37-38-40-41-44-47-50-53-56-59-62-65-71(74)77-68-69(67-76-70(73)64-61-58-55-52-49-46-43-30-27-24-21-18-15-12-9-6-3)78-72(75)66-63-60-57-54-51-48-45-42-39-32-29-26-23-20-17-14-11-8-5-2/h26,29-31,33,43,69H,4-25,27-28,32,34-42,44-68H2,1-3H3/b29-26-,33-31-,43-30-. The molecule has 1 atom stereocenters. The molecule has 0 radical (unpaired) electrons. The lowest BCUT2D eigenvalue weighted by molar-refractivity contribution is -0.167. The first-order chi connectivity index (χ1) is 38.5. The highest BCUT2D eigenvalue weighted by Gasteiger charge is 2.19. The number of rotatable bonds is 65. The van der Waals surface area contributed by atoms with Gasteiger partial charge in [0.05, 0.1) is 0 Å². The summed E-state index contributed by atoms with van der Waals surface area (Å²) in [6.45, 7) is 6.69. The van der Waals surface area contributed by atoms with E-state index in [4.69, 9.17) is 14.2 Å². The number of ether oxygens (including phenoxy) is 3. The van der Waals surface area contributed by atoms with Crippen LogP contribution in [0.25, 0.3) is 0 Å². The molecule has 0 aromatic carbocycles. The molecule has 1 unspecified atom stereocenters. The number of unbranched alkanes of at least 4 members (excludes halogenated alkanes) is 48. The summed E-state index contributed by atoms with van der Waals surface area (Å²) < 4.78 is 17.0. The van der Waals surface area contributed by atoms with Crippen molar-refractivity contribution in [2.75, 3.05) is 13.2 Å². The van der Waals surface area contributed by atoms with E-state index in [1.807, 2.05) is 0 Å². The fraction of sp³-hybridized carbons (Fsp3) is 0.875. The highest BCUT2D eigenvalue weighted by atomic mass is 16.6. The van der Waals surface area contributed by atoms with Gasteiger partial charge in [-0.3, -0.25) is 14.4 Å². The highest BCUT2D eigenvalue weighted by Crippen LogP contribution is 2.18. The summed E-state index contributed by atoms with van der Waals surface area (Å²) in [6, 6.07) is 0. The van der Waals surface area contributed by atoms with Crippen LogP contribution in [0.5, 0.6) is 0 Å². The summed E-state index contributed by atoms with van der Waals surface area (Å²) in [5, 5.41) is 0. The van der Waals surface area contributed by atoms with Crippen LogP contribution in [0.15, 0.2) is 36.5 Å². The van der Waals surface area contributed by atoms with Gasteiger partial charge in [0.25, 0.3) is 0 Å². The van der Waals surface area contributed by atoms with E-state index in [-0.39, 0.29) is 31.1 Å². The van der Waals surface area contributed by atoms with Crippen LogP contribution in [0.2, 0.25) is 0 Å². The summed E-state index contributed by atoms with van der Waals surface area (Å²) in [5.41, 5.74) is 0. The van der Waals surface area contributed by atoms with E-state index in [1.165, 1.54) is 283 Å². The molecule has 0 aromatic heterocycles. The van der Waals surface area contributed by atoms with Gasteiger partial charge in [-0.25, -0.2) is 0 Å². The normalized spacial score (nSPS) is 12.2. The number of carbonyl (C=O) groups is 3. The number of esters is 3. The van der Waals surface area contributed by atoms with Crippen LogP contribution in [-0.4, -0.2) is 37.2 Å². The van der Waals surface area contributed by atoms with Crippen LogP contribution >= 0.6 is 0 Å². The quantitative estimate of drug-likeness (QED) is 0.0261. The maximum absolute atomic E-state index is 12.9. The minimum absolute atomic E-state index is 0.0718. The van der Waals surface area contributed by atoms with Gasteiger partial charge in [-0.05, 0) is 96.3 Å². The largest absolute Gasteiger partial charge is 0.462 e. The maximum Gasteiger partial charge on any atom is 0.306 e. The molecular formula is C72H134O6. The Labute approximate surface area is 486 Å². The summed E-state index contributed by atoms with van der Waals surface area (Å²) in [5.74, 6) is -0.856. The third-order valence-electron chi connectivity index (χ3n) is 15.8. The predicted molar refractivity (Wildman–Crippen MR) is 339 cm³/mol. The van der Waals surface area contributed by atoms with Crippen molar-refractivity contribution in [3.05, 3.63) is 36.5 Å². The molecule has 0 spiro atoms. The second-order valence-electron chi connectivity index (χ2n) is 23.8. The van der Waals surface area contributed by atoms with E-state index >= 15 is 0 Å². The summed E-state index contributed by atoms with van der Waals surface area (Å²) in [6.07, 6.45) is 83.1. The Kier molecular flexibility index (Phi) is 65.1. The molecule has 0 aliphatic carbocycles. The molecule has 458 valence electrons. The van der Waals surface area contributed by atoms with Crippen LogP contribution in [0.1, 0.15) is 387 Å². The summed E-state index contributed by atoms with van der Waals surface area (Å²) in [4.78, 5) is 38.4. The molecule has 6 nitrogen and oxygen atoms in total. The van der Waals surface area contributed by atoms with Crippen LogP contribution in [0.3, 0.4) is 0 Å². The Hall–Kier alpha value is -2.37. The van der Waals surface area contributed by atoms with Gasteiger partial charge in [0.1, 0.15) is 13.2 Å². The lowest BCUT2D eigenvalue weighted by atomic mass is 10.0. The van der Waals surface area contributed by atoms with Crippen LogP contribution < -0.4 is 0 Å². The average molecular weight is 1100 g/mol. The molecule has 0 aromatic rings. The van der Waals surface area contributed by atoms with Crippen molar-refractivity contribution in [2.24, 2.45) is 0 Å². The molecule has 0 bridgehead atoms. The Bertz CT molecular complexity index is 1300. The first-order valence-corrected chi connectivity index (χ1v) is 35.0. The molecule has 0 aliphatic rings. The molecule has 0 fully saturated rings. The van der Waals surface area contributed by atoms with Crippen LogP contribution in [0.4, 0.5) is 0 Å². The fourth-order valence-electron chi connectivity index (χ4n) is 10.5. The SMILES string of the molecule is CCCCCCCC/C=C\CCCCCCCCCCCC(=O)OC(COC(=O)CCCCCCC/C=C\CCCCCCCCC)COC(=O)CCCCCCCCCCCCCCC/C=C\CCCCCCCCCC. The van der Waals surface area contributed by atoms with E-state index in [0.29, 0.717) is 19.3 Å². The molecule has 0 aliphatic heterocycles. The van der Waals surface area contributed by atoms with E-state index in [1.54, 1.807) is 0 Å². The van der Waals surface area contributed by atoms with Gasteiger partial charge in [0.2, 0.25) is 0 Å². The summed E-state index contributed by atoms with van der Waals surface area (Å²) >= 11 is 0. The first-order valence-electron chi connectivity index (χ1n) is 35.0. The molecule has 6 heteroatoms. The van der Waals surface area contributed by atoms with E-state index < -0.39 is 6.10 Å². The Morgan fingerprint density at radius 3 is 0.641 bits per heavy atom. The van der Waals surface area contributed by atoms with Crippen molar-refractivity contribution < 1.29 is 28.6 Å². The van der Waals surface area contributed by atoms with Crippen molar-refractivity contribution in [3.63, 3.8) is 0 Å². The monoisotopic (exact) mass is 1100 g/mol. The zero-order chi connectivity index (χ0) is 56.4. The Morgan fingerprint density at radius 1 is 0.244 bits per heavy atom. The van der Waals surface area contributed by atoms with Gasteiger partial charge in [-0.1, -0.05) is 308 Å². The Morgan fingerprint density at radius 2 is 0.423 bits per heavy atom. The minimum atomic E-state index is -0.776. The molecule has 0 saturated heterocycles. The van der Waals surface area contributed by atoms with Gasteiger partial charge < -0.3 is 14.2 Å². The molecular weight excluding hydrogens is 961 g/mol. The molecule has 0 saturated carbocycles.